The Labute approximate surface area is 190 Å². The number of aromatic amines is 2. The summed E-state index contributed by atoms with van der Waals surface area (Å²) in [5.74, 6) is 1.52. The number of nitrogens with zero attached hydrogens (tertiary/aromatic N) is 3. The molecule has 2 N–H and O–H groups in total. The number of piperidine rings is 2. The summed E-state index contributed by atoms with van der Waals surface area (Å²) in [5.41, 5.74) is 1.33. The van der Waals surface area contributed by atoms with E-state index in [1.54, 1.807) is 13.0 Å². The number of H-pyrrole nitrogens is 2. The minimum absolute atomic E-state index is 0.101. The van der Waals surface area contributed by atoms with Crippen LogP contribution in [-0.4, -0.2) is 56.3 Å². The van der Waals surface area contributed by atoms with Crippen molar-refractivity contribution in [2.45, 2.75) is 32.4 Å². The lowest BCUT2D eigenvalue weighted by molar-refractivity contribution is -0.0147. The normalized spacial score (nSPS) is 26.6. The van der Waals surface area contributed by atoms with E-state index in [2.05, 4.69) is 44.1 Å². The zero-order chi connectivity index (χ0) is 22.7. The number of likely N-dealkylation sites (tertiary alicyclic amines) is 1. The fraction of sp³-hybridized carbons (Fsp3) is 0.440. The molecule has 170 valence electrons. The van der Waals surface area contributed by atoms with Crippen LogP contribution in [0.3, 0.4) is 0 Å². The molecule has 4 unspecified atom stereocenters. The van der Waals surface area contributed by atoms with E-state index in [9.17, 15) is 14.4 Å². The maximum absolute atomic E-state index is 13.6. The number of hydrogen-bond acceptors (Lipinski definition) is 5. The van der Waals surface area contributed by atoms with Crippen LogP contribution in [0, 0.1) is 24.7 Å². The molecule has 4 atom stereocenters. The SMILES string of the molecule is Cc1cc(C(=O)N2CC3CCC2C2CN(Cc4ccccc4)CC32)nc2[nH]c(=O)[nH]c(=O)c12. The lowest BCUT2D eigenvalue weighted by Crippen LogP contribution is -2.59. The van der Waals surface area contributed by atoms with Crippen LogP contribution in [0.4, 0.5) is 0 Å². The predicted molar refractivity (Wildman–Crippen MR) is 124 cm³/mol. The minimum atomic E-state index is -0.617. The summed E-state index contributed by atoms with van der Waals surface area (Å²) in [6.45, 7) is 5.59. The topological polar surface area (TPSA) is 102 Å². The monoisotopic (exact) mass is 445 g/mol. The zero-order valence-corrected chi connectivity index (χ0v) is 18.6. The van der Waals surface area contributed by atoms with E-state index >= 15 is 0 Å². The van der Waals surface area contributed by atoms with Crippen molar-refractivity contribution in [1.82, 2.24) is 24.8 Å². The lowest BCUT2D eigenvalue weighted by atomic mass is 9.66. The van der Waals surface area contributed by atoms with Crippen molar-refractivity contribution < 1.29 is 4.79 Å². The van der Waals surface area contributed by atoms with E-state index in [4.69, 9.17) is 0 Å². The minimum Gasteiger partial charge on any atom is -0.334 e. The van der Waals surface area contributed by atoms with Gasteiger partial charge in [-0.15, -0.1) is 0 Å². The van der Waals surface area contributed by atoms with Gasteiger partial charge in [0.15, 0.2) is 0 Å². The molecule has 3 saturated heterocycles. The van der Waals surface area contributed by atoms with Gasteiger partial charge in [0.2, 0.25) is 0 Å². The Balaban J connectivity index is 1.27. The quantitative estimate of drug-likeness (QED) is 0.641. The van der Waals surface area contributed by atoms with Gasteiger partial charge in [-0.3, -0.25) is 24.5 Å². The zero-order valence-electron chi connectivity index (χ0n) is 18.6. The first-order chi connectivity index (χ1) is 16.0. The molecule has 5 heterocycles. The van der Waals surface area contributed by atoms with Gasteiger partial charge in [0.1, 0.15) is 11.3 Å². The van der Waals surface area contributed by atoms with Crippen LogP contribution in [0.1, 0.15) is 34.5 Å². The number of fused-ring (bicyclic) bond motifs is 3. The summed E-state index contributed by atoms with van der Waals surface area (Å²) in [6.07, 6.45) is 2.20. The van der Waals surface area contributed by atoms with Crippen LogP contribution in [0.5, 0.6) is 0 Å². The molecule has 7 rings (SSSR count). The van der Waals surface area contributed by atoms with Crippen LogP contribution >= 0.6 is 0 Å². The molecule has 4 fully saturated rings. The Kier molecular flexibility index (Phi) is 4.72. The van der Waals surface area contributed by atoms with Gasteiger partial charge < -0.3 is 4.90 Å². The number of aromatic nitrogens is 3. The molecule has 2 bridgehead atoms. The molecule has 0 radical (unpaired) electrons. The molecule has 1 amide bonds. The third-order valence-electron chi connectivity index (χ3n) is 7.88. The maximum atomic E-state index is 13.6. The van der Waals surface area contributed by atoms with E-state index in [-0.39, 0.29) is 17.6 Å². The number of hydrogen-bond donors (Lipinski definition) is 2. The van der Waals surface area contributed by atoms with E-state index in [1.165, 1.54) is 12.0 Å². The molecular weight excluding hydrogens is 418 g/mol. The second kappa shape index (κ2) is 7.66. The summed E-state index contributed by atoms with van der Waals surface area (Å²) < 4.78 is 0. The molecule has 1 aliphatic carbocycles. The number of pyridine rings is 1. The van der Waals surface area contributed by atoms with E-state index < -0.39 is 11.2 Å². The first-order valence-electron chi connectivity index (χ1n) is 11.7. The highest BCUT2D eigenvalue weighted by atomic mass is 16.2. The van der Waals surface area contributed by atoms with Crippen LogP contribution in [0.2, 0.25) is 0 Å². The number of amides is 1. The number of nitrogens with one attached hydrogen (secondary N) is 2. The van der Waals surface area contributed by atoms with E-state index in [0.717, 1.165) is 32.6 Å². The fourth-order valence-corrected chi connectivity index (χ4v) is 6.48. The molecule has 8 nitrogen and oxygen atoms in total. The van der Waals surface area contributed by atoms with Gasteiger partial charge in [0.25, 0.3) is 11.5 Å². The van der Waals surface area contributed by atoms with Crippen LogP contribution in [-0.2, 0) is 6.54 Å². The van der Waals surface area contributed by atoms with Crippen LogP contribution in [0.25, 0.3) is 11.0 Å². The van der Waals surface area contributed by atoms with Gasteiger partial charge in [-0.25, -0.2) is 9.78 Å². The highest BCUT2D eigenvalue weighted by molar-refractivity contribution is 5.95. The largest absolute Gasteiger partial charge is 0.334 e. The molecule has 4 aliphatic rings. The molecule has 2 aromatic heterocycles. The summed E-state index contributed by atoms with van der Waals surface area (Å²) >= 11 is 0. The second-order valence-corrected chi connectivity index (χ2v) is 9.83. The van der Waals surface area contributed by atoms with Crippen molar-refractivity contribution >= 4 is 16.9 Å². The maximum Gasteiger partial charge on any atom is 0.327 e. The van der Waals surface area contributed by atoms with Gasteiger partial charge >= 0.3 is 5.69 Å². The van der Waals surface area contributed by atoms with Crippen molar-refractivity contribution in [2.75, 3.05) is 19.6 Å². The van der Waals surface area contributed by atoms with Crippen molar-refractivity contribution in [3.63, 3.8) is 0 Å². The Morgan fingerprint density at radius 1 is 1.06 bits per heavy atom. The summed E-state index contributed by atoms with van der Waals surface area (Å²) in [4.78, 5) is 51.3. The van der Waals surface area contributed by atoms with Crippen molar-refractivity contribution in [1.29, 1.82) is 0 Å². The molecular formula is C25H27N5O3. The third kappa shape index (κ3) is 3.40. The van der Waals surface area contributed by atoms with Gasteiger partial charge in [0.05, 0.1) is 5.39 Å². The first-order valence-corrected chi connectivity index (χ1v) is 11.7. The third-order valence-corrected chi connectivity index (χ3v) is 7.88. The molecule has 0 spiro atoms. The fourth-order valence-electron chi connectivity index (χ4n) is 6.48. The average Bonchev–Trinajstić information content (AvgIpc) is 3.24. The highest BCUT2D eigenvalue weighted by Gasteiger charge is 2.52. The molecule has 33 heavy (non-hydrogen) atoms. The summed E-state index contributed by atoms with van der Waals surface area (Å²) in [5, 5.41) is 0.318. The van der Waals surface area contributed by atoms with Crippen molar-refractivity contribution in [2.24, 2.45) is 17.8 Å². The van der Waals surface area contributed by atoms with Gasteiger partial charge in [-0.1, -0.05) is 30.3 Å². The van der Waals surface area contributed by atoms with Crippen LogP contribution in [0.15, 0.2) is 46.0 Å². The second-order valence-electron chi connectivity index (χ2n) is 9.83. The van der Waals surface area contributed by atoms with Gasteiger partial charge in [-0.05, 0) is 54.7 Å². The van der Waals surface area contributed by atoms with E-state index in [0.29, 0.717) is 34.4 Å². The highest BCUT2D eigenvalue weighted by Crippen LogP contribution is 2.47. The number of carbonyl (C=O) groups is 1. The van der Waals surface area contributed by atoms with Crippen molar-refractivity contribution in [3.05, 3.63) is 74.1 Å². The number of aryl methyl sites for hydroxylation is 1. The number of benzene rings is 1. The summed E-state index contributed by atoms with van der Waals surface area (Å²) in [6, 6.07) is 12.5. The average molecular weight is 446 g/mol. The Bertz CT molecular complexity index is 1350. The van der Waals surface area contributed by atoms with E-state index in [1.807, 2.05) is 11.0 Å². The van der Waals surface area contributed by atoms with Crippen LogP contribution < -0.4 is 11.2 Å². The first kappa shape index (κ1) is 20.4. The van der Waals surface area contributed by atoms with Crippen molar-refractivity contribution in [3.8, 4) is 0 Å². The Hall–Kier alpha value is -3.26. The molecule has 8 heteroatoms. The molecule has 3 aromatic rings. The molecule has 1 saturated carbocycles. The standard InChI is InChI=1S/C25H27N5O3/c1-14-9-19(26-22-21(14)23(31)28-25(33)27-22)24(32)30-11-16-7-8-20(30)18-13-29(12-17(16)18)10-15-5-3-2-4-6-15/h2-6,9,16-18,20H,7-8,10-13H2,1H3,(H2,26,27,28,31,33). The smallest absolute Gasteiger partial charge is 0.327 e. The van der Waals surface area contributed by atoms with Gasteiger partial charge in [-0.2, -0.15) is 0 Å². The predicted octanol–water partition coefficient (Wildman–Crippen LogP) is 1.90. The Morgan fingerprint density at radius 3 is 2.67 bits per heavy atom. The molecule has 1 aromatic carbocycles. The Morgan fingerprint density at radius 2 is 1.85 bits per heavy atom. The number of carbonyl (C=O) groups excluding carboxylic acids is 1. The van der Waals surface area contributed by atoms with Gasteiger partial charge in [0, 0.05) is 32.2 Å². The lowest BCUT2D eigenvalue weighted by Gasteiger charge is -2.52. The summed E-state index contributed by atoms with van der Waals surface area (Å²) in [7, 11) is 0. The molecule has 3 aliphatic heterocycles. The number of rotatable bonds is 3.